The summed E-state index contributed by atoms with van der Waals surface area (Å²) in [5.41, 5.74) is -0.0342. The Morgan fingerprint density at radius 3 is 1.25 bits per heavy atom. The second-order valence-electron chi connectivity index (χ2n) is 12.8. The van der Waals surface area contributed by atoms with Crippen LogP contribution in [0.4, 0.5) is 34.1 Å². The maximum Gasteiger partial charge on any atom is 0.296 e. The van der Waals surface area contributed by atoms with Gasteiger partial charge in [-0.15, -0.1) is 10.2 Å². The van der Waals surface area contributed by atoms with Crippen molar-refractivity contribution in [3.05, 3.63) is 142 Å². The number of fused-ring (bicyclic) bond motifs is 2. The zero-order chi connectivity index (χ0) is 42.9. The van der Waals surface area contributed by atoms with Gasteiger partial charge in [-0.25, -0.2) is 0 Å². The number of amides is 2. The van der Waals surface area contributed by atoms with Gasteiger partial charge in [-0.05, 0) is 126 Å². The molecular weight excluding hydrogens is 860 g/mol. The number of anilines is 2. The van der Waals surface area contributed by atoms with E-state index in [1.165, 1.54) is 109 Å². The van der Waals surface area contributed by atoms with E-state index in [1.807, 2.05) is 0 Å². The summed E-state index contributed by atoms with van der Waals surface area (Å²) in [6, 6.07) is 28.3. The highest BCUT2D eigenvalue weighted by Gasteiger charge is 2.24. The van der Waals surface area contributed by atoms with E-state index < -0.39 is 64.7 Å². The van der Waals surface area contributed by atoms with Crippen LogP contribution >= 0.6 is 23.2 Å². The molecule has 0 aliphatic rings. The number of carbonyl (C=O) groups is 2. The van der Waals surface area contributed by atoms with Crippen molar-refractivity contribution in [1.82, 2.24) is 0 Å². The second kappa shape index (κ2) is 16.5. The first kappa shape index (κ1) is 41.4. The summed E-state index contributed by atoms with van der Waals surface area (Å²) in [6.45, 7) is 0. The minimum absolute atomic E-state index is 0.0451. The third-order valence-corrected chi connectivity index (χ3v) is 11.0. The summed E-state index contributed by atoms with van der Waals surface area (Å²) in [5.74, 6) is -2.53. The zero-order valence-electron chi connectivity index (χ0n) is 30.1. The van der Waals surface area contributed by atoms with Gasteiger partial charge in [0.15, 0.2) is 11.5 Å². The normalized spacial score (nSPS) is 12.1. The SMILES string of the molecule is O=C(Nc1ccc2c(O)c(N=Nc3ccc(Cl)cc3)c(S(=O)(=O)O)cc2c1)c1cccc(C(=O)Nc2ccc3c(O)c(N=Nc4ccc(Cl)cc4)c(S(=O)(=O)O)cc3c2)c1. The van der Waals surface area contributed by atoms with Crippen molar-refractivity contribution in [2.75, 3.05) is 10.6 Å². The summed E-state index contributed by atoms with van der Waals surface area (Å²) in [4.78, 5) is 25.2. The summed E-state index contributed by atoms with van der Waals surface area (Å²) >= 11 is 11.8. The van der Waals surface area contributed by atoms with Gasteiger partial charge in [0.2, 0.25) is 0 Å². The van der Waals surface area contributed by atoms with E-state index in [2.05, 4.69) is 31.1 Å². The highest BCUT2D eigenvalue weighted by Crippen LogP contribution is 2.43. The van der Waals surface area contributed by atoms with Crippen LogP contribution in [-0.4, -0.2) is 48.0 Å². The molecule has 0 atom stereocenters. The Morgan fingerprint density at radius 1 is 0.500 bits per heavy atom. The molecule has 0 saturated heterocycles. The minimum atomic E-state index is -4.92. The van der Waals surface area contributed by atoms with Gasteiger partial charge in [-0.2, -0.15) is 27.1 Å². The van der Waals surface area contributed by atoms with E-state index in [9.17, 15) is 45.7 Å². The molecule has 0 aliphatic carbocycles. The fourth-order valence-electron chi connectivity index (χ4n) is 5.88. The molecule has 0 spiro atoms. The Kier molecular flexibility index (Phi) is 11.3. The van der Waals surface area contributed by atoms with Gasteiger partial charge in [0, 0.05) is 43.3 Å². The van der Waals surface area contributed by atoms with Crippen LogP contribution in [0.15, 0.2) is 152 Å². The average Bonchev–Trinajstić information content (AvgIpc) is 3.20. The van der Waals surface area contributed by atoms with Crippen LogP contribution in [0.3, 0.4) is 0 Å². The smallest absolute Gasteiger partial charge is 0.296 e. The first-order valence-electron chi connectivity index (χ1n) is 17.1. The van der Waals surface area contributed by atoms with Gasteiger partial charge in [0.05, 0.1) is 11.4 Å². The van der Waals surface area contributed by atoms with Crippen LogP contribution < -0.4 is 10.6 Å². The number of carbonyl (C=O) groups excluding carboxylic acids is 2. The quantitative estimate of drug-likeness (QED) is 0.0559. The number of rotatable bonds is 10. The number of hydrogen-bond acceptors (Lipinski definition) is 12. The Balaban J connectivity index is 1.11. The van der Waals surface area contributed by atoms with E-state index in [-0.39, 0.29) is 55.4 Å². The van der Waals surface area contributed by atoms with Crippen LogP contribution in [-0.2, 0) is 20.2 Å². The number of hydrogen-bond donors (Lipinski definition) is 6. The van der Waals surface area contributed by atoms with E-state index in [4.69, 9.17) is 23.2 Å². The predicted octanol–water partition coefficient (Wildman–Crippen LogP) is 10.5. The number of phenols is 2. The molecule has 2 amide bonds. The third kappa shape index (κ3) is 9.08. The van der Waals surface area contributed by atoms with Crippen LogP contribution in [0.25, 0.3) is 21.5 Å². The molecule has 7 aromatic rings. The van der Waals surface area contributed by atoms with Crippen molar-refractivity contribution in [2.24, 2.45) is 20.5 Å². The molecule has 0 heterocycles. The van der Waals surface area contributed by atoms with Crippen molar-refractivity contribution in [1.29, 1.82) is 0 Å². The molecule has 16 nitrogen and oxygen atoms in total. The molecule has 0 radical (unpaired) electrons. The summed E-state index contributed by atoms with van der Waals surface area (Å²) in [7, 11) is -9.85. The first-order chi connectivity index (χ1) is 28.4. The number of nitrogens with one attached hydrogen (secondary N) is 2. The lowest BCUT2D eigenvalue weighted by atomic mass is 10.1. The Bertz CT molecular complexity index is 2970. The number of azo groups is 2. The lowest BCUT2D eigenvalue weighted by molar-refractivity contribution is 0.102. The van der Waals surface area contributed by atoms with Crippen LogP contribution in [0, 0.1) is 0 Å². The van der Waals surface area contributed by atoms with Gasteiger partial charge in [0.25, 0.3) is 32.1 Å². The lowest BCUT2D eigenvalue weighted by Crippen LogP contribution is -2.15. The molecule has 7 aromatic carbocycles. The maximum atomic E-state index is 13.4. The average molecular weight is 886 g/mol. The molecule has 0 fully saturated rings. The van der Waals surface area contributed by atoms with Crippen molar-refractivity contribution < 1.29 is 45.7 Å². The molecule has 0 saturated carbocycles. The molecule has 20 heteroatoms. The molecule has 0 bridgehead atoms. The van der Waals surface area contributed by atoms with Crippen molar-refractivity contribution in [3.8, 4) is 11.5 Å². The number of nitrogens with zero attached hydrogens (tertiary/aromatic N) is 4. The highest BCUT2D eigenvalue weighted by molar-refractivity contribution is 7.86. The molecule has 6 N–H and O–H groups in total. The Hall–Kier alpha value is -6.80. The topological polar surface area (TPSA) is 257 Å². The van der Waals surface area contributed by atoms with Gasteiger partial charge >= 0.3 is 0 Å². The zero-order valence-corrected chi connectivity index (χ0v) is 33.3. The van der Waals surface area contributed by atoms with Crippen LogP contribution in [0.1, 0.15) is 20.7 Å². The number of benzene rings is 7. The highest BCUT2D eigenvalue weighted by atomic mass is 35.5. The molecule has 7 rings (SSSR count). The standard InChI is InChI=1S/C40H26Cl2N6O10S2/c41-25-4-8-27(9-5-25)45-47-35-33(59(53,54)55)19-23-17-29(12-14-31(23)37(35)49)43-39(51)21-2-1-3-22(16-21)40(52)44-30-13-15-32-24(18-30)20-34(60(56,57)58)36(38(32)50)48-46-28-10-6-26(42)7-11-28/h1-20,49-50H,(H,43,51)(H,44,52)(H,53,54,55)(H,56,57,58). The molecule has 0 unspecified atom stereocenters. The first-order valence-corrected chi connectivity index (χ1v) is 20.7. The van der Waals surface area contributed by atoms with Gasteiger partial charge < -0.3 is 20.8 Å². The fraction of sp³-hybridized carbons (Fsp3) is 0. The maximum absolute atomic E-state index is 13.4. The van der Waals surface area contributed by atoms with Crippen molar-refractivity contribution >= 4 is 111 Å². The second-order valence-corrected chi connectivity index (χ2v) is 16.5. The van der Waals surface area contributed by atoms with Gasteiger partial charge in [-0.3, -0.25) is 18.7 Å². The largest absolute Gasteiger partial charge is 0.505 e. The summed E-state index contributed by atoms with van der Waals surface area (Å²) in [6.07, 6.45) is 0. The van der Waals surface area contributed by atoms with E-state index in [1.54, 1.807) is 0 Å². The molecular formula is C40H26Cl2N6O10S2. The molecule has 0 aromatic heterocycles. The molecule has 302 valence electrons. The monoisotopic (exact) mass is 884 g/mol. The van der Waals surface area contributed by atoms with Crippen LogP contribution in [0.5, 0.6) is 11.5 Å². The molecule has 0 aliphatic heterocycles. The van der Waals surface area contributed by atoms with E-state index in [0.29, 0.717) is 10.0 Å². The molecule has 60 heavy (non-hydrogen) atoms. The fourth-order valence-corrected chi connectivity index (χ4v) is 7.45. The van der Waals surface area contributed by atoms with Crippen molar-refractivity contribution in [2.45, 2.75) is 9.79 Å². The predicted molar refractivity (Wildman–Crippen MR) is 224 cm³/mol. The Morgan fingerprint density at radius 2 is 0.883 bits per heavy atom. The van der Waals surface area contributed by atoms with Gasteiger partial charge in [-0.1, -0.05) is 29.3 Å². The lowest BCUT2D eigenvalue weighted by Gasteiger charge is -2.12. The number of aromatic hydroxyl groups is 2. The van der Waals surface area contributed by atoms with E-state index >= 15 is 0 Å². The third-order valence-electron chi connectivity index (χ3n) is 8.74. The summed E-state index contributed by atoms with van der Waals surface area (Å²) < 4.78 is 69.3. The Labute approximate surface area is 350 Å². The van der Waals surface area contributed by atoms with Crippen LogP contribution in [0.2, 0.25) is 10.0 Å². The number of halogens is 2. The van der Waals surface area contributed by atoms with Gasteiger partial charge in [0.1, 0.15) is 21.2 Å². The number of phenolic OH excluding ortho intramolecular Hbond substituents is 2. The minimum Gasteiger partial charge on any atom is -0.505 e. The summed E-state index contributed by atoms with van der Waals surface area (Å²) in [5, 5.41) is 44.3. The van der Waals surface area contributed by atoms with Crippen molar-refractivity contribution in [3.63, 3.8) is 0 Å². The van der Waals surface area contributed by atoms with E-state index in [0.717, 1.165) is 12.1 Å².